The third-order valence-electron chi connectivity index (χ3n) is 3.07. The molecule has 3 aromatic rings. The molecule has 104 valence electrons. The highest BCUT2D eigenvalue weighted by atomic mass is 35.5. The maximum Gasteiger partial charge on any atom is 0.142 e. The van der Waals surface area contributed by atoms with E-state index in [1.54, 1.807) is 24.3 Å². The molecular weight excluding hydrogens is 294 g/mol. The molecule has 0 aliphatic heterocycles. The summed E-state index contributed by atoms with van der Waals surface area (Å²) in [5, 5.41) is 0.0306. The Labute approximate surface area is 125 Å². The third kappa shape index (κ3) is 2.62. The van der Waals surface area contributed by atoms with Gasteiger partial charge in [-0.05, 0) is 29.8 Å². The molecule has 0 amide bonds. The molecule has 3 rings (SSSR count). The van der Waals surface area contributed by atoms with E-state index in [2.05, 4.69) is 9.97 Å². The van der Waals surface area contributed by atoms with Gasteiger partial charge in [0.2, 0.25) is 0 Å². The minimum Gasteiger partial charge on any atom is -0.244 e. The van der Waals surface area contributed by atoms with E-state index in [1.165, 1.54) is 30.7 Å². The summed E-state index contributed by atoms with van der Waals surface area (Å²) in [7, 11) is 0. The van der Waals surface area contributed by atoms with E-state index in [-0.39, 0.29) is 5.02 Å². The maximum absolute atomic E-state index is 14.0. The van der Waals surface area contributed by atoms with Crippen LogP contribution in [0.2, 0.25) is 5.02 Å². The topological polar surface area (TPSA) is 25.8 Å². The quantitative estimate of drug-likeness (QED) is 0.683. The Morgan fingerprint density at radius 1 is 0.905 bits per heavy atom. The summed E-state index contributed by atoms with van der Waals surface area (Å²) >= 11 is 5.68. The van der Waals surface area contributed by atoms with Crippen LogP contribution in [0.15, 0.2) is 55.0 Å². The first kappa shape index (κ1) is 13.6. The van der Waals surface area contributed by atoms with Crippen LogP contribution in [0, 0.1) is 11.6 Å². The molecule has 0 unspecified atom stereocenters. The molecule has 0 atom stereocenters. The number of halogens is 3. The summed E-state index contributed by atoms with van der Waals surface area (Å²) in [6.45, 7) is 0. The fourth-order valence-corrected chi connectivity index (χ4v) is 2.19. The van der Waals surface area contributed by atoms with Gasteiger partial charge in [-0.2, -0.15) is 0 Å². The molecule has 0 bridgehead atoms. The van der Waals surface area contributed by atoms with Crippen molar-refractivity contribution >= 4 is 11.6 Å². The van der Waals surface area contributed by atoms with Crippen LogP contribution in [-0.4, -0.2) is 9.97 Å². The first-order chi connectivity index (χ1) is 10.2. The number of hydrogen-bond acceptors (Lipinski definition) is 2. The molecule has 21 heavy (non-hydrogen) atoms. The van der Waals surface area contributed by atoms with E-state index in [0.29, 0.717) is 22.4 Å². The highest BCUT2D eigenvalue weighted by Crippen LogP contribution is 2.32. The van der Waals surface area contributed by atoms with Gasteiger partial charge in [-0.25, -0.2) is 18.7 Å². The van der Waals surface area contributed by atoms with E-state index >= 15 is 0 Å². The number of hydrogen-bond donors (Lipinski definition) is 0. The predicted octanol–water partition coefficient (Wildman–Crippen LogP) is 4.74. The van der Waals surface area contributed by atoms with Gasteiger partial charge in [-0.15, -0.1) is 0 Å². The zero-order chi connectivity index (χ0) is 14.8. The minimum absolute atomic E-state index is 0.0306. The second-order valence-corrected chi connectivity index (χ2v) is 4.80. The lowest BCUT2D eigenvalue weighted by Crippen LogP contribution is -1.93. The Hall–Kier alpha value is -2.33. The Morgan fingerprint density at radius 3 is 2.48 bits per heavy atom. The normalized spacial score (nSPS) is 10.6. The summed E-state index contributed by atoms with van der Waals surface area (Å²) in [6.07, 6.45) is 2.86. The van der Waals surface area contributed by atoms with Crippen LogP contribution in [0.25, 0.3) is 22.4 Å². The Morgan fingerprint density at radius 2 is 1.71 bits per heavy atom. The zero-order valence-corrected chi connectivity index (χ0v) is 11.5. The van der Waals surface area contributed by atoms with Gasteiger partial charge in [0.1, 0.15) is 18.0 Å². The average Bonchev–Trinajstić information content (AvgIpc) is 2.51. The van der Waals surface area contributed by atoms with Gasteiger partial charge in [0.25, 0.3) is 0 Å². The summed E-state index contributed by atoms with van der Waals surface area (Å²) in [6, 6.07) is 10.7. The van der Waals surface area contributed by atoms with Crippen LogP contribution in [0.1, 0.15) is 0 Å². The van der Waals surface area contributed by atoms with Crippen molar-refractivity contribution in [3.63, 3.8) is 0 Å². The molecule has 0 saturated heterocycles. The Kier molecular flexibility index (Phi) is 3.62. The number of rotatable bonds is 2. The molecule has 0 radical (unpaired) electrons. The van der Waals surface area contributed by atoms with Crippen molar-refractivity contribution in [1.29, 1.82) is 0 Å². The lowest BCUT2D eigenvalue weighted by molar-refractivity contribution is 0.629. The van der Waals surface area contributed by atoms with E-state index in [1.807, 2.05) is 0 Å². The van der Waals surface area contributed by atoms with Crippen molar-refractivity contribution in [2.45, 2.75) is 0 Å². The molecule has 2 nitrogen and oxygen atoms in total. The van der Waals surface area contributed by atoms with Crippen LogP contribution in [0.4, 0.5) is 8.78 Å². The van der Waals surface area contributed by atoms with Crippen LogP contribution in [-0.2, 0) is 0 Å². The molecule has 2 aromatic carbocycles. The molecule has 1 aromatic heterocycles. The fourth-order valence-electron chi connectivity index (χ4n) is 2.07. The largest absolute Gasteiger partial charge is 0.244 e. The summed E-state index contributed by atoms with van der Waals surface area (Å²) in [4.78, 5) is 8.07. The van der Waals surface area contributed by atoms with Crippen molar-refractivity contribution in [2.75, 3.05) is 0 Å². The highest BCUT2D eigenvalue weighted by molar-refractivity contribution is 6.30. The number of nitrogens with zero attached hydrogens (tertiary/aromatic N) is 2. The number of aromatic nitrogens is 2. The second-order valence-electron chi connectivity index (χ2n) is 4.39. The summed E-state index contributed by atoms with van der Waals surface area (Å²) in [5.74, 6) is -0.940. The van der Waals surface area contributed by atoms with Gasteiger partial charge in [-0.1, -0.05) is 29.8 Å². The molecular formula is C16H9ClF2N2. The first-order valence-electron chi connectivity index (χ1n) is 6.17. The van der Waals surface area contributed by atoms with Crippen molar-refractivity contribution in [3.05, 3.63) is 71.6 Å². The van der Waals surface area contributed by atoms with Gasteiger partial charge in [0, 0.05) is 17.3 Å². The fraction of sp³-hybridized carbons (Fsp3) is 0. The van der Waals surface area contributed by atoms with E-state index < -0.39 is 11.6 Å². The Balaban J connectivity index is 2.21. The van der Waals surface area contributed by atoms with Crippen LogP contribution < -0.4 is 0 Å². The molecule has 0 spiro atoms. The van der Waals surface area contributed by atoms with Crippen LogP contribution in [0.5, 0.6) is 0 Å². The number of benzene rings is 2. The maximum atomic E-state index is 14.0. The van der Waals surface area contributed by atoms with Gasteiger partial charge in [0.15, 0.2) is 0 Å². The van der Waals surface area contributed by atoms with E-state index in [9.17, 15) is 8.78 Å². The third-order valence-corrected chi connectivity index (χ3v) is 3.38. The minimum atomic E-state index is -0.544. The van der Waals surface area contributed by atoms with E-state index in [4.69, 9.17) is 11.6 Å². The van der Waals surface area contributed by atoms with Gasteiger partial charge < -0.3 is 0 Å². The molecule has 0 aliphatic carbocycles. The molecule has 0 saturated carbocycles. The smallest absolute Gasteiger partial charge is 0.142 e. The summed E-state index contributed by atoms with van der Waals surface area (Å²) < 4.78 is 27.6. The van der Waals surface area contributed by atoms with Crippen molar-refractivity contribution in [2.24, 2.45) is 0 Å². The standard InChI is InChI=1S/C16H9ClF2N2/c17-13-6-5-10(7-15(13)19)12-8-20-9-21-16(12)11-3-1-2-4-14(11)18/h1-9H. The lowest BCUT2D eigenvalue weighted by Gasteiger charge is -2.09. The molecule has 5 heteroatoms. The van der Waals surface area contributed by atoms with Crippen LogP contribution in [0.3, 0.4) is 0 Å². The van der Waals surface area contributed by atoms with Gasteiger partial charge in [-0.3, -0.25) is 0 Å². The summed E-state index contributed by atoms with van der Waals surface area (Å²) in [5.41, 5.74) is 1.82. The average molecular weight is 303 g/mol. The Bertz CT molecular complexity index is 806. The monoisotopic (exact) mass is 302 g/mol. The molecule has 1 heterocycles. The van der Waals surface area contributed by atoms with Crippen LogP contribution >= 0.6 is 11.6 Å². The van der Waals surface area contributed by atoms with Crippen molar-refractivity contribution in [1.82, 2.24) is 9.97 Å². The molecule has 0 N–H and O–H groups in total. The SMILES string of the molecule is Fc1cc(-c2cncnc2-c2ccccc2F)ccc1Cl. The lowest BCUT2D eigenvalue weighted by atomic mass is 10.0. The molecule has 0 aliphatic rings. The molecule has 0 fully saturated rings. The van der Waals surface area contributed by atoms with Crippen molar-refractivity contribution < 1.29 is 8.78 Å². The zero-order valence-electron chi connectivity index (χ0n) is 10.7. The van der Waals surface area contributed by atoms with Gasteiger partial charge in [0.05, 0.1) is 10.7 Å². The predicted molar refractivity (Wildman–Crippen MR) is 77.8 cm³/mol. The van der Waals surface area contributed by atoms with E-state index in [0.717, 1.165) is 0 Å². The highest BCUT2D eigenvalue weighted by Gasteiger charge is 2.13. The van der Waals surface area contributed by atoms with Crippen molar-refractivity contribution in [3.8, 4) is 22.4 Å². The first-order valence-corrected chi connectivity index (χ1v) is 6.55. The second kappa shape index (κ2) is 5.58. The van der Waals surface area contributed by atoms with Gasteiger partial charge >= 0.3 is 0 Å².